The van der Waals surface area contributed by atoms with Gasteiger partial charge in [0.25, 0.3) is 0 Å². The summed E-state index contributed by atoms with van der Waals surface area (Å²) in [7, 11) is 0. The van der Waals surface area contributed by atoms with Gasteiger partial charge < -0.3 is 18.9 Å². The maximum atomic E-state index is 6.20. The Morgan fingerprint density at radius 1 is 1.00 bits per heavy atom. The Labute approximate surface area is 128 Å². The molecule has 0 aromatic rings. The van der Waals surface area contributed by atoms with E-state index in [1.54, 1.807) is 0 Å². The molecule has 0 radical (unpaired) electrons. The molecule has 122 valence electrons. The second kappa shape index (κ2) is 7.91. The summed E-state index contributed by atoms with van der Waals surface area (Å²) in [6.45, 7) is 2.45. The highest BCUT2D eigenvalue weighted by Gasteiger charge is 2.41. The smallest absolute Gasteiger partial charge is 0.168 e. The van der Waals surface area contributed by atoms with Crippen LogP contribution in [-0.2, 0) is 18.9 Å². The molecule has 3 rings (SSSR count). The molecule has 2 aliphatic heterocycles. The van der Waals surface area contributed by atoms with Crippen molar-refractivity contribution in [3.63, 3.8) is 0 Å². The summed E-state index contributed by atoms with van der Waals surface area (Å²) in [5.41, 5.74) is 0. The zero-order valence-corrected chi connectivity index (χ0v) is 13.2. The summed E-state index contributed by atoms with van der Waals surface area (Å²) in [5.74, 6) is -0.213. The van der Waals surface area contributed by atoms with Crippen LogP contribution in [0.2, 0.25) is 0 Å². The minimum absolute atomic E-state index is 0.0512. The van der Waals surface area contributed by atoms with Crippen molar-refractivity contribution in [2.75, 3.05) is 19.8 Å². The number of hydrogen-bond acceptors (Lipinski definition) is 4. The summed E-state index contributed by atoms with van der Waals surface area (Å²) in [4.78, 5) is 0. The van der Waals surface area contributed by atoms with Crippen molar-refractivity contribution in [1.29, 1.82) is 0 Å². The van der Waals surface area contributed by atoms with Crippen LogP contribution in [0.4, 0.5) is 0 Å². The molecule has 0 N–H and O–H groups in total. The third-order valence-corrected chi connectivity index (χ3v) is 4.89. The molecule has 1 saturated carbocycles. The highest BCUT2D eigenvalue weighted by molar-refractivity contribution is 4.82. The van der Waals surface area contributed by atoms with Crippen molar-refractivity contribution in [2.45, 2.75) is 88.8 Å². The maximum absolute atomic E-state index is 6.20. The standard InChI is InChI=1S/C17H30O4/c1-4-10-17(11-5-1)20-14-15(21-17)8-2-6-12-18-16-9-3-7-13-19-16/h15-16H,1-14H2. The fraction of sp³-hybridized carbons (Fsp3) is 1.00. The van der Waals surface area contributed by atoms with E-state index in [0.29, 0.717) is 6.10 Å². The van der Waals surface area contributed by atoms with Crippen LogP contribution in [0.5, 0.6) is 0 Å². The molecule has 0 aromatic heterocycles. The van der Waals surface area contributed by atoms with Gasteiger partial charge in [0.2, 0.25) is 0 Å². The highest BCUT2D eigenvalue weighted by Crippen LogP contribution is 2.38. The lowest BCUT2D eigenvalue weighted by molar-refractivity contribution is -0.187. The first-order valence-corrected chi connectivity index (χ1v) is 8.91. The van der Waals surface area contributed by atoms with E-state index < -0.39 is 0 Å². The topological polar surface area (TPSA) is 36.9 Å². The van der Waals surface area contributed by atoms with Crippen LogP contribution in [0.25, 0.3) is 0 Å². The zero-order chi connectivity index (χ0) is 14.4. The maximum Gasteiger partial charge on any atom is 0.168 e. The SMILES string of the molecule is C1CCC2(CC1)OCC(CCCCOC1CCCCO1)O2. The minimum atomic E-state index is -0.213. The first-order valence-electron chi connectivity index (χ1n) is 8.91. The summed E-state index contributed by atoms with van der Waals surface area (Å²) in [6, 6.07) is 0. The number of rotatable bonds is 6. The van der Waals surface area contributed by atoms with Gasteiger partial charge in [0, 0.05) is 26.1 Å². The lowest BCUT2D eigenvalue weighted by Gasteiger charge is -2.31. The zero-order valence-electron chi connectivity index (χ0n) is 13.2. The van der Waals surface area contributed by atoms with E-state index in [1.165, 1.54) is 32.1 Å². The van der Waals surface area contributed by atoms with Crippen LogP contribution < -0.4 is 0 Å². The third kappa shape index (κ3) is 4.65. The van der Waals surface area contributed by atoms with Gasteiger partial charge in [-0.1, -0.05) is 6.42 Å². The van der Waals surface area contributed by atoms with Crippen molar-refractivity contribution in [3.05, 3.63) is 0 Å². The average molecular weight is 298 g/mol. The molecule has 2 heterocycles. The molecular formula is C17H30O4. The Balaban J connectivity index is 1.24. The van der Waals surface area contributed by atoms with E-state index in [0.717, 1.165) is 58.3 Å². The first kappa shape index (κ1) is 15.7. The van der Waals surface area contributed by atoms with E-state index in [9.17, 15) is 0 Å². The highest BCUT2D eigenvalue weighted by atomic mass is 16.7. The molecule has 2 saturated heterocycles. The van der Waals surface area contributed by atoms with Gasteiger partial charge in [-0.05, 0) is 51.4 Å². The van der Waals surface area contributed by atoms with Gasteiger partial charge in [-0.15, -0.1) is 0 Å². The van der Waals surface area contributed by atoms with Gasteiger partial charge in [-0.2, -0.15) is 0 Å². The molecule has 21 heavy (non-hydrogen) atoms. The molecule has 3 aliphatic rings. The van der Waals surface area contributed by atoms with Gasteiger partial charge in [0.05, 0.1) is 12.7 Å². The van der Waals surface area contributed by atoms with Crippen LogP contribution >= 0.6 is 0 Å². The molecule has 0 amide bonds. The summed E-state index contributed by atoms with van der Waals surface area (Å²) >= 11 is 0. The fourth-order valence-electron chi connectivity index (χ4n) is 3.64. The van der Waals surface area contributed by atoms with Crippen molar-refractivity contribution >= 4 is 0 Å². The Hall–Kier alpha value is -0.160. The van der Waals surface area contributed by atoms with Gasteiger partial charge in [0.15, 0.2) is 12.1 Å². The fourth-order valence-corrected chi connectivity index (χ4v) is 3.64. The Morgan fingerprint density at radius 2 is 1.90 bits per heavy atom. The van der Waals surface area contributed by atoms with Crippen molar-refractivity contribution in [3.8, 4) is 0 Å². The molecular weight excluding hydrogens is 268 g/mol. The van der Waals surface area contributed by atoms with Crippen LogP contribution in [0.15, 0.2) is 0 Å². The average Bonchev–Trinajstić information content (AvgIpc) is 2.91. The van der Waals surface area contributed by atoms with Crippen LogP contribution in [0.1, 0.15) is 70.6 Å². The Kier molecular flexibility index (Phi) is 5.92. The molecule has 4 heteroatoms. The molecule has 3 fully saturated rings. The van der Waals surface area contributed by atoms with E-state index in [4.69, 9.17) is 18.9 Å². The molecule has 1 aliphatic carbocycles. The molecule has 0 bridgehead atoms. The summed E-state index contributed by atoms with van der Waals surface area (Å²) in [6.07, 6.45) is 13.2. The second-order valence-electron chi connectivity index (χ2n) is 6.68. The predicted molar refractivity (Wildman–Crippen MR) is 80.0 cm³/mol. The largest absolute Gasteiger partial charge is 0.353 e. The Bertz CT molecular complexity index is 295. The van der Waals surface area contributed by atoms with Crippen LogP contribution in [0.3, 0.4) is 0 Å². The number of unbranched alkanes of at least 4 members (excludes halogenated alkanes) is 1. The first-order chi connectivity index (χ1) is 10.4. The summed E-state index contributed by atoms with van der Waals surface area (Å²) in [5, 5.41) is 0. The van der Waals surface area contributed by atoms with Gasteiger partial charge in [-0.25, -0.2) is 0 Å². The van der Waals surface area contributed by atoms with E-state index in [1.807, 2.05) is 0 Å². The van der Waals surface area contributed by atoms with Gasteiger partial charge in [-0.3, -0.25) is 0 Å². The number of ether oxygens (including phenoxy) is 4. The second-order valence-corrected chi connectivity index (χ2v) is 6.68. The predicted octanol–water partition coefficient (Wildman–Crippen LogP) is 3.78. The van der Waals surface area contributed by atoms with E-state index in [-0.39, 0.29) is 12.1 Å². The normalized spacial score (nSPS) is 32.6. The molecule has 2 atom stereocenters. The van der Waals surface area contributed by atoms with Crippen molar-refractivity contribution in [1.82, 2.24) is 0 Å². The molecule has 1 spiro atoms. The molecule has 4 nitrogen and oxygen atoms in total. The lowest BCUT2D eigenvalue weighted by atomic mass is 9.94. The molecule has 2 unspecified atom stereocenters. The summed E-state index contributed by atoms with van der Waals surface area (Å²) < 4.78 is 23.5. The van der Waals surface area contributed by atoms with E-state index in [2.05, 4.69) is 0 Å². The molecule has 0 aromatic carbocycles. The minimum Gasteiger partial charge on any atom is -0.353 e. The number of hydrogen-bond donors (Lipinski definition) is 0. The van der Waals surface area contributed by atoms with Crippen molar-refractivity contribution < 1.29 is 18.9 Å². The lowest BCUT2D eigenvalue weighted by Crippen LogP contribution is -2.33. The Morgan fingerprint density at radius 3 is 2.71 bits per heavy atom. The quantitative estimate of drug-likeness (QED) is 0.699. The monoisotopic (exact) mass is 298 g/mol. The van der Waals surface area contributed by atoms with Gasteiger partial charge in [0.1, 0.15) is 0 Å². The van der Waals surface area contributed by atoms with E-state index >= 15 is 0 Å². The third-order valence-electron chi connectivity index (χ3n) is 4.89. The van der Waals surface area contributed by atoms with Crippen LogP contribution in [-0.4, -0.2) is 38.0 Å². The van der Waals surface area contributed by atoms with Crippen LogP contribution in [0, 0.1) is 0 Å². The van der Waals surface area contributed by atoms with Crippen molar-refractivity contribution in [2.24, 2.45) is 0 Å². The van der Waals surface area contributed by atoms with Gasteiger partial charge >= 0.3 is 0 Å².